The van der Waals surface area contributed by atoms with Crippen LogP contribution in [0.5, 0.6) is 0 Å². The Labute approximate surface area is 486 Å². The van der Waals surface area contributed by atoms with Crippen molar-refractivity contribution in [3.63, 3.8) is 0 Å². The molecule has 1 atom stereocenters. The van der Waals surface area contributed by atoms with Crippen LogP contribution in [-0.2, 0) is 82.4 Å². The Hall–Kier alpha value is -4.53. The Morgan fingerprint density at radius 1 is 0.549 bits per heavy atom. The average molecular weight is 1160 g/mol. The molecule has 1 fully saturated rings. The molecule has 22 nitrogen and oxygen atoms in total. The minimum atomic E-state index is -0.634. The van der Waals surface area contributed by atoms with E-state index in [0.717, 1.165) is 37.1 Å². The van der Waals surface area contributed by atoms with Gasteiger partial charge in [0.2, 0.25) is 11.8 Å². The van der Waals surface area contributed by atoms with Crippen LogP contribution in [0.1, 0.15) is 81.6 Å². The molecule has 2 aromatic carbocycles. The number of fused-ring (bicyclic) bond motifs is 1. The van der Waals surface area contributed by atoms with Gasteiger partial charge < -0.3 is 83.0 Å². The SMILES string of the molecule is CC(C)(C)C(=O)CN1C(=O)[C@H](CC(=O)Cc2cccc(C(=O)NCCOCCOCCOCCOCCOCCOCCOCCOCCOCCOCCOCCOCCC(=O)NCCN)c2)CN(C2CCCCC2)c2ccccc21. The molecule has 0 saturated heterocycles. The second kappa shape index (κ2) is 44.0. The van der Waals surface area contributed by atoms with Crippen LogP contribution in [0, 0.1) is 11.3 Å². The van der Waals surface area contributed by atoms with Crippen molar-refractivity contribution in [2.24, 2.45) is 17.1 Å². The van der Waals surface area contributed by atoms with Gasteiger partial charge in [-0.25, -0.2) is 0 Å². The number of ketones is 2. The number of hydrogen-bond acceptors (Lipinski definition) is 19. The van der Waals surface area contributed by atoms with Crippen molar-refractivity contribution in [1.82, 2.24) is 10.6 Å². The Bertz CT molecular complexity index is 2060. The van der Waals surface area contributed by atoms with E-state index in [0.29, 0.717) is 202 Å². The van der Waals surface area contributed by atoms with Crippen molar-refractivity contribution in [3.05, 3.63) is 59.7 Å². The Kier molecular flexibility index (Phi) is 37.6. The molecule has 22 heteroatoms. The topological polar surface area (TPSA) is 253 Å². The minimum Gasteiger partial charge on any atom is -0.379 e. The molecular formula is C60H97N5O17. The number of amides is 3. The van der Waals surface area contributed by atoms with Crippen LogP contribution in [0.3, 0.4) is 0 Å². The van der Waals surface area contributed by atoms with Crippen LogP contribution in [0.4, 0.5) is 11.4 Å². The zero-order valence-electron chi connectivity index (χ0n) is 49.3. The molecule has 0 aromatic heterocycles. The van der Waals surface area contributed by atoms with E-state index in [9.17, 15) is 24.0 Å². The van der Waals surface area contributed by atoms with Gasteiger partial charge in [-0.15, -0.1) is 0 Å². The van der Waals surface area contributed by atoms with E-state index >= 15 is 0 Å². The number of benzene rings is 2. The number of anilines is 2. The number of carbonyl (C=O) groups is 5. The van der Waals surface area contributed by atoms with Gasteiger partial charge in [0.05, 0.1) is 182 Å². The lowest BCUT2D eigenvalue weighted by Gasteiger charge is -2.37. The molecule has 3 amide bonds. The summed E-state index contributed by atoms with van der Waals surface area (Å²) in [4.78, 5) is 70.0. The van der Waals surface area contributed by atoms with E-state index in [-0.39, 0.29) is 54.7 Å². The second-order valence-electron chi connectivity index (χ2n) is 20.8. The monoisotopic (exact) mass is 1160 g/mol. The predicted octanol–water partition coefficient (Wildman–Crippen LogP) is 4.00. The summed E-state index contributed by atoms with van der Waals surface area (Å²) in [7, 11) is 0. The fraction of sp³-hybridized carbons (Fsp3) is 0.717. The van der Waals surface area contributed by atoms with Crippen molar-refractivity contribution in [2.75, 3.05) is 201 Å². The maximum Gasteiger partial charge on any atom is 0.251 e. The first-order valence-electron chi connectivity index (χ1n) is 29.5. The molecule has 1 aliphatic carbocycles. The van der Waals surface area contributed by atoms with Gasteiger partial charge in [-0.05, 0) is 42.7 Å². The Morgan fingerprint density at radius 3 is 1.46 bits per heavy atom. The molecule has 0 radical (unpaired) electrons. The fourth-order valence-electron chi connectivity index (χ4n) is 8.84. The van der Waals surface area contributed by atoms with Gasteiger partial charge in [0.25, 0.3) is 5.91 Å². The maximum atomic E-state index is 14.4. The first-order chi connectivity index (χ1) is 40.0. The summed E-state index contributed by atoms with van der Waals surface area (Å²) in [5.41, 5.74) is 7.49. The van der Waals surface area contributed by atoms with E-state index < -0.39 is 11.3 Å². The van der Waals surface area contributed by atoms with E-state index in [4.69, 9.17) is 62.6 Å². The smallest absolute Gasteiger partial charge is 0.251 e. The lowest BCUT2D eigenvalue weighted by Crippen LogP contribution is -2.45. The molecule has 4 rings (SSSR count). The Morgan fingerprint density at radius 2 is 1.00 bits per heavy atom. The van der Waals surface area contributed by atoms with Crippen LogP contribution in [0.2, 0.25) is 0 Å². The normalized spacial score (nSPS) is 14.9. The predicted molar refractivity (Wildman–Crippen MR) is 310 cm³/mol. The van der Waals surface area contributed by atoms with Crippen molar-refractivity contribution < 1.29 is 80.8 Å². The highest BCUT2D eigenvalue weighted by molar-refractivity contribution is 6.06. The summed E-state index contributed by atoms with van der Waals surface area (Å²) < 4.78 is 66.1. The number of rotatable bonds is 49. The van der Waals surface area contributed by atoms with Gasteiger partial charge in [-0.1, -0.05) is 64.3 Å². The highest BCUT2D eigenvalue weighted by atomic mass is 16.6. The number of carbonyl (C=O) groups excluding carboxylic acids is 5. The number of ether oxygens (including phenoxy) is 12. The number of para-hydroxylation sites is 2. The van der Waals surface area contributed by atoms with Gasteiger partial charge in [0.15, 0.2) is 5.78 Å². The van der Waals surface area contributed by atoms with Crippen molar-refractivity contribution in [2.45, 2.75) is 78.2 Å². The van der Waals surface area contributed by atoms with Gasteiger partial charge in [0.1, 0.15) is 5.78 Å². The molecule has 1 heterocycles. The van der Waals surface area contributed by atoms with Gasteiger partial charge >= 0.3 is 0 Å². The van der Waals surface area contributed by atoms with Gasteiger partial charge in [-0.3, -0.25) is 24.0 Å². The lowest BCUT2D eigenvalue weighted by molar-refractivity contribution is -0.129. The van der Waals surface area contributed by atoms with Crippen LogP contribution >= 0.6 is 0 Å². The van der Waals surface area contributed by atoms with Crippen LogP contribution in [0.15, 0.2) is 48.5 Å². The number of nitrogens with two attached hydrogens (primary N) is 1. The minimum absolute atomic E-state index is 0.0311. The largest absolute Gasteiger partial charge is 0.379 e. The number of nitrogens with one attached hydrogen (secondary N) is 2. The molecule has 0 unspecified atom stereocenters. The summed E-state index contributed by atoms with van der Waals surface area (Å²) in [5, 5.41) is 5.56. The standard InChI is InChI=1S/C60H97N5O17/c1-60(2,3)56(67)48-65-55-15-8-7-14-54(55)64(52-12-5-4-6-13-52)47-51(59(65)70)46-53(66)45-49-10-9-11-50(44-49)58(69)63-19-21-72-23-25-74-27-29-76-31-33-78-35-37-80-39-41-82-43-42-81-40-38-79-36-34-77-32-30-75-28-26-73-24-22-71-20-16-57(68)62-18-17-61/h7-11,14-15,44,51-52H,4-6,12-13,16-43,45-48,61H2,1-3H3,(H,62,68)(H,63,69)/t51-/m1/s1. The number of hydrogen-bond donors (Lipinski definition) is 3. The summed E-state index contributed by atoms with van der Waals surface area (Å²) in [6, 6.07) is 15.1. The molecule has 4 N–H and O–H groups in total. The molecular weight excluding hydrogens is 1060 g/mol. The third kappa shape index (κ3) is 30.9. The molecule has 1 aliphatic heterocycles. The fourth-order valence-corrected chi connectivity index (χ4v) is 8.84. The van der Waals surface area contributed by atoms with E-state index in [2.05, 4.69) is 15.5 Å². The summed E-state index contributed by atoms with van der Waals surface area (Å²) in [6.07, 6.45) is 5.87. The van der Waals surface area contributed by atoms with Gasteiger partial charge in [0, 0.05) is 62.5 Å². The van der Waals surface area contributed by atoms with Crippen molar-refractivity contribution in [1.29, 1.82) is 0 Å². The number of nitrogens with zero attached hydrogens (tertiary/aromatic N) is 2. The maximum absolute atomic E-state index is 14.4. The van der Waals surface area contributed by atoms with E-state index in [1.54, 1.807) is 23.1 Å². The van der Waals surface area contributed by atoms with Crippen LogP contribution in [0.25, 0.3) is 0 Å². The van der Waals surface area contributed by atoms with Crippen molar-refractivity contribution >= 4 is 40.7 Å². The quantitative estimate of drug-likeness (QED) is 0.0792. The first-order valence-corrected chi connectivity index (χ1v) is 29.5. The second-order valence-corrected chi connectivity index (χ2v) is 20.8. The molecule has 2 aromatic rings. The summed E-state index contributed by atoms with van der Waals surface area (Å²) in [5.74, 6) is -1.33. The summed E-state index contributed by atoms with van der Waals surface area (Å²) >= 11 is 0. The lowest BCUT2D eigenvalue weighted by atomic mass is 9.90. The first kappa shape index (κ1) is 70.0. The average Bonchev–Trinajstić information content (AvgIpc) is 3.55. The summed E-state index contributed by atoms with van der Waals surface area (Å²) in [6.45, 7) is 17.6. The van der Waals surface area contributed by atoms with Gasteiger partial charge in [-0.2, -0.15) is 0 Å². The molecule has 0 spiro atoms. The zero-order valence-corrected chi connectivity index (χ0v) is 49.3. The van der Waals surface area contributed by atoms with E-state index in [1.807, 2.05) is 51.1 Å². The Balaban J connectivity index is 0.898. The van der Waals surface area contributed by atoms with Crippen LogP contribution in [-0.4, -0.2) is 227 Å². The van der Waals surface area contributed by atoms with E-state index in [1.165, 1.54) is 6.42 Å². The molecule has 464 valence electrons. The third-order valence-electron chi connectivity index (χ3n) is 13.3. The molecule has 0 bridgehead atoms. The zero-order chi connectivity index (χ0) is 58.7. The number of Topliss-reactive ketones (excluding diaryl/α,β-unsaturated/α-hetero) is 2. The third-order valence-corrected chi connectivity index (χ3v) is 13.3. The van der Waals surface area contributed by atoms with Crippen molar-refractivity contribution in [3.8, 4) is 0 Å². The molecule has 82 heavy (non-hydrogen) atoms. The van der Waals surface area contributed by atoms with Crippen LogP contribution < -0.4 is 26.2 Å². The molecule has 1 saturated carbocycles. The molecule has 2 aliphatic rings. The highest BCUT2D eigenvalue weighted by Gasteiger charge is 2.39. The highest BCUT2D eigenvalue weighted by Crippen LogP contribution is 2.39.